The van der Waals surface area contributed by atoms with Crippen molar-refractivity contribution in [2.45, 2.75) is 26.1 Å². The minimum atomic E-state index is -4.47. The van der Waals surface area contributed by atoms with Crippen molar-refractivity contribution >= 4 is 11.3 Å². The molecule has 0 fully saturated rings. The van der Waals surface area contributed by atoms with E-state index in [1.165, 1.54) is 0 Å². The standard InChI is InChI=1S/C13H12F3NOS/c1-7-3-4-8(2)9(5-7)11(18)10-6-17-12(19-10)13(14,15)16/h3-6,11,18H,1-2H3. The molecule has 0 saturated carbocycles. The van der Waals surface area contributed by atoms with Crippen LogP contribution >= 0.6 is 11.3 Å². The van der Waals surface area contributed by atoms with Gasteiger partial charge in [-0.3, -0.25) is 0 Å². The highest BCUT2D eigenvalue weighted by molar-refractivity contribution is 7.11. The predicted molar refractivity (Wildman–Crippen MR) is 67.1 cm³/mol. The van der Waals surface area contributed by atoms with Gasteiger partial charge in [0, 0.05) is 6.20 Å². The Balaban J connectivity index is 2.36. The first-order valence-corrected chi connectivity index (χ1v) is 6.39. The maximum absolute atomic E-state index is 12.5. The van der Waals surface area contributed by atoms with Crippen LogP contribution in [0.1, 0.15) is 32.7 Å². The second kappa shape index (κ2) is 4.94. The third-order valence-electron chi connectivity index (χ3n) is 2.76. The molecule has 0 spiro atoms. The van der Waals surface area contributed by atoms with Crippen LogP contribution < -0.4 is 0 Å². The molecule has 0 radical (unpaired) electrons. The topological polar surface area (TPSA) is 33.1 Å². The monoisotopic (exact) mass is 287 g/mol. The molecular formula is C13H12F3NOS. The number of benzene rings is 1. The van der Waals surface area contributed by atoms with Crippen molar-refractivity contribution < 1.29 is 18.3 Å². The number of aryl methyl sites for hydroxylation is 2. The molecule has 0 aliphatic heterocycles. The molecule has 102 valence electrons. The summed E-state index contributed by atoms with van der Waals surface area (Å²) in [4.78, 5) is 3.52. The van der Waals surface area contributed by atoms with Crippen LogP contribution in [0.4, 0.5) is 13.2 Å². The molecule has 1 aromatic carbocycles. The maximum Gasteiger partial charge on any atom is 0.443 e. The Hall–Kier alpha value is -1.40. The first-order chi connectivity index (χ1) is 8.79. The van der Waals surface area contributed by atoms with Gasteiger partial charge in [-0.1, -0.05) is 23.8 Å². The average molecular weight is 287 g/mol. The van der Waals surface area contributed by atoms with Gasteiger partial charge in [0.05, 0.1) is 4.88 Å². The second-order valence-corrected chi connectivity index (χ2v) is 5.39. The number of thiazole rings is 1. The first kappa shape index (κ1) is 14.0. The fourth-order valence-electron chi connectivity index (χ4n) is 1.75. The Morgan fingerprint density at radius 1 is 1.26 bits per heavy atom. The lowest BCUT2D eigenvalue weighted by molar-refractivity contribution is -0.137. The van der Waals surface area contributed by atoms with Crippen molar-refractivity contribution in [3.05, 3.63) is 51.0 Å². The number of aromatic nitrogens is 1. The van der Waals surface area contributed by atoms with E-state index in [2.05, 4.69) is 4.98 Å². The number of hydrogen-bond donors (Lipinski definition) is 1. The van der Waals surface area contributed by atoms with E-state index in [9.17, 15) is 18.3 Å². The average Bonchev–Trinajstić information content (AvgIpc) is 2.80. The van der Waals surface area contributed by atoms with Crippen molar-refractivity contribution in [2.75, 3.05) is 0 Å². The Labute approximate surface area is 112 Å². The van der Waals surface area contributed by atoms with E-state index in [-0.39, 0.29) is 4.88 Å². The summed E-state index contributed by atoms with van der Waals surface area (Å²) in [6.07, 6.45) is -4.46. The van der Waals surface area contributed by atoms with Gasteiger partial charge in [0.2, 0.25) is 0 Å². The van der Waals surface area contributed by atoms with Gasteiger partial charge in [-0.15, -0.1) is 11.3 Å². The lowest BCUT2D eigenvalue weighted by Crippen LogP contribution is -2.03. The molecule has 2 aromatic rings. The molecule has 0 aliphatic rings. The number of aliphatic hydroxyl groups excluding tert-OH is 1. The zero-order valence-electron chi connectivity index (χ0n) is 10.3. The van der Waals surface area contributed by atoms with Crippen LogP contribution in [0.15, 0.2) is 24.4 Å². The van der Waals surface area contributed by atoms with Crippen LogP contribution in [-0.4, -0.2) is 10.1 Å². The van der Waals surface area contributed by atoms with Crippen LogP contribution in [-0.2, 0) is 6.18 Å². The number of nitrogens with zero attached hydrogens (tertiary/aromatic N) is 1. The Bertz CT molecular complexity index is 592. The fraction of sp³-hybridized carbons (Fsp3) is 0.308. The van der Waals surface area contributed by atoms with Crippen molar-refractivity contribution in [3.8, 4) is 0 Å². The van der Waals surface area contributed by atoms with Gasteiger partial charge in [-0.25, -0.2) is 4.98 Å². The molecule has 1 unspecified atom stereocenters. The van der Waals surface area contributed by atoms with Crippen molar-refractivity contribution in [1.29, 1.82) is 0 Å². The molecule has 1 heterocycles. The van der Waals surface area contributed by atoms with E-state index in [4.69, 9.17) is 0 Å². The summed E-state index contributed by atoms with van der Waals surface area (Å²) in [5.41, 5.74) is 2.39. The van der Waals surface area contributed by atoms with Crippen molar-refractivity contribution in [1.82, 2.24) is 4.98 Å². The van der Waals surface area contributed by atoms with Crippen LogP contribution in [0.5, 0.6) is 0 Å². The summed E-state index contributed by atoms with van der Waals surface area (Å²) in [7, 11) is 0. The lowest BCUT2D eigenvalue weighted by Gasteiger charge is -2.12. The summed E-state index contributed by atoms with van der Waals surface area (Å²) in [6, 6.07) is 5.49. The van der Waals surface area contributed by atoms with Crippen LogP contribution in [0.3, 0.4) is 0 Å². The SMILES string of the molecule is Cc1ccc(C)c(C(O)c2cnc(C(F)(F)F)s2)c1. The highest BCUT2D eigenvalue weighted by atomic mass is 32.1. The van der Waals surface area contributed by atoms with Gasteiger partial charge in [0.15, 0.2) is 5.01 Å². The van der Waals surface area contributed by atoms with Gasteiger partial charge >= 0.3 is 6.18 Å². The third-order valence-corrected chi connectivity index (χ3v) is 3.86. The van der Waals surface area contributed by atoms with E-state index in [0.29, 0.717) is 16.9 Å². The van der Waals surface area contributed by atoms with Gasteiger partial charge in [0.1, 0.15) is 6.10 Å². The summed E-state index contributed by atoms with van der Waals surface area (Å²) in [5.74, 6) is 0. The third kappa shape index (κ3) is 2.96. The van der Waals surface area contributed by atoms with E-state index >= 15 is 0 Å². The molecular weight excluding hydrogens is 275 g/mol. The molecule has 2 nitrogen and oxygen atoms in total. The zero-order valence-corrected chi connectivity index (χ0v) is 11.1. The summed E-state index contributed by atoms with van der Waals surface area (Å²) in [6.45, 7) is 3.67. The number of hydrogen-bond acceptors (Lipinski definition) is 3. The van der Waals surface area contributed by atoms with Gasteiger partial charge in [0.25, 0.3) is 0 Å². The minimum Gasteiger partial charge on any atom is -0.383 e. The molecule has 0 amide bonds. The Kier molecular flexibility index (Phi) is 3.64. The number of alkyl halides is 3. The molecule has 19 heavy (non-hydrogen) atoms. The number of aliphatic hydroxyl groups is 1. The first-order valence-electron chi connectivity index (χ1n) is 5.57. The zero-order chi connectivity index (χ0) is 14.2. The smallest absolute Gasteiger partial charge is 0.383 e. The lowest BCUT2D eigenvalue weighted by atomic mass is 10.0. The predicted octanol–water partition coefficient (Wildman–Crippen LogP) is 3.86. The molecule has 1 aromatic heterocycles. The van der Waals surface area contributed by atoms with Crippen LogP contribution in [0.25, 0.3) is 0 Å². The quantitative estimate of drug-likeness (QED) is 0.909. The van der Waals surface area contributed by atoms with E-state index < -0.39 is 17.3 Å². The molecule has 1 N–H and O–H groups in total. The second-order valence-electron chi connectivity index (χ2n) is 4.33. The largest absolute Gasteiger partial charge is 0.443 e. The van der Waals surface area contributed by atoms with Crippen molar-refractivity contribution in [2.24, 2.45) is 0 Å². The summed E-state index contributed by atoms with van der Waals surface area (Å²) >= 11 is 0.471. The minimum absolute atomic E-state index is 0.195. The van der Waals surface area contributed by atoms with Crippen LogP contribution in [0, 0.1) is 13.8 Å². The van der Waals surface area contributed by atoms with E-state index in [0.717, 1.165) is 17.3 Å². The Morgan fingerprint density at radius 2 is 1.95 bits per heavy atom. The van der Waals surface area contributed by atoms with E-state index in [1.54, 1.807) is 6.07 Å². The summed E-state index contributed by atoms with van der Waals surface area (Å²) < 4.78 is 37.4. The summed E-state index contributed by atoms with van der Waals surface area (Å²) in [5, 5.41) is 9.24. The fourth-order valence-corrected chi connectivity index (χ4v) is 2.54. The molecule has 1 atom stereocenters. The van der Waals surface area contributed by atoms with Crippen LogP contribution in [0.2, 0.25) is 0 Å². The maximum atomic E-state index is 12.5. The van der Waals surface area contributed by atoms with Gasteiger partial charge in [-0.05, 0) is 25.0 Å². The van der Waals surface area contributed by atoms with Crippen molar-refractivity contribution in [3.63, 3.8) is 0 Å². The number of halogens is 3. The molecule has 6 heteroatoms. The molecule has 2 rings (SSSR count). The Morgan fingerprint density at radius 3 is 2.53 bits per heavy atom. The molecule has 0 bridgehead atoms. The van der Waals surface area contributed by atoms with E-state index in [1.807, 2.05) is 26.0 Å². The highest BCUT2D eigenvalue weighted by Crippen LogP contribution is 2.36. The molecule has 0 aliphatic carbocycles. The van der Waals surface area contributed by atoms with Gasteiger partial charge < -0.3 is 5.11 Å². The normalized spacial score (nSPS) is 13.6. The number of rotatable bonds is 2. The molecule has 0 saturated heterocycles. The highest BCUT2D eigenvalue weighted by Gasteiger charge is 2.35. The van der Waals surface area contributed by atoms with Gasteiger partial charge in [-0.2, -0.15) is 13.2 Å².